The molecular formula is C16H23N3O. The molecule has 0 radical (unpaired) electrons. The molecule has 0 bridgehead atoms. The number of methoxy groups -OCH3 is 1. The first-order chi connectivity index (χ1) is 9.65. The third-order valence-electron chi connectivity index (χ3n) is 3.68. The number of aromatic nitrogens is 2. The van der Waals surface area contributed by atoms with Gasteiger partial charge in [0.25, 0.3) is 0 Å². The monoisotopic (exact) mass is 273 g/mol. The van der Waals surface area contributed by atoms with Gasteiger partial charge in [0.2, 0.25) is 0 Å². The number of ether oxygens (including phenoxy) is 1. The normalized spacial score (nSPS) is 12.4. The minimum atomic E-state index is 0.527. The molecule has 1 unspecified atom stereocenters. The van der Waals surface area contributed by atoms with Crippen molar-refractivity contribution in [1.82, 2.24) is 15.1 Å². The van der Waals surface area contributed by atoms with E-state index in [9.17, 15) is 0 Å². The summed E-state index contributed by atoms with van der Waals surface area (Å²) in [5.74, 6) is 0.859. The molecule has 2 rings (SSSR count). The smallest absolute Gasteiger partial charge is 0.119 e. The van der Waals surface area contributed by atoms with Crippen molar-refractivity contribution in [2.45, 2.75) is 39.8 Å². The average molecular weight is 273 g/mol. The Morgan fingerprint density at radius 1 is 1.30 bits per heavy atom. The molecule has 0 aliphatic heterocycles. The van der Waals surface area contributed by atoms with E-state index in [1.165, 1.54) is 11.3 Å². The second kappa shape index (κ2) is 6.57. The Balaban J connectivity index is 2.15. The Bertz CT molecular complexity index is 545. The molecule has 1 heterocycles. The predicted octanol–water partition coefficient (Wildman–Crippen LogP) is 3.08. The Labute approximate surface area is 120 Å². The van der Waals surface area contributed by atoms with Crippen LogP contribution in [0.25, 0.3) is 5.69 Å². The third kappa shape index (κ3) is 3.20. The fourth-order valence-electron chi connectivity index (χ4n) is 2.03. The van der Waals surface area contributed by atoms with Crippen molar-refractivity contribution in [2.75, 3.05) is 7.11 Å². The van der Waals surface area contributed by atoms with Crippen molar-refractivity contribution in [1.29, 1.82) is 0 Å². The summed E-state index contributed by atoms with van der Waals surface area (Å²) in [5.41, 5.74) is 3.46. The molecule has 1 aromatic carbocycles. The summed E-state index contributed by atoms with van der Waals surface area (Å²) in [4.78, 5) is 0. The fourth-order valence-corrected chi connectivity index (χ4v) is 2.03. The van der Waals surface area contributed by atoms with Gasteiger partial charge in [-0.15, -0.1) is 0 Å². The van der Waals surface area contributed by atoms with Gasteiger partial charge in [-0.1, -0.05) is 6.92 Å². The van der Waals surface area contributed by atoms with Crippen LogP contribution in [0.4, 0.5) is 0 Å². The molecular weight excluding hydrogens is 250 g/mol. The van der Waals surface area contributed by atoms with Crippen molar-refractivity contribution in [2.24, 2.45) is 0 Å². The lowest BCUT2D eigenvalue weighted by atomic mass is 10.2. The third-order valence-corrected chi connectivity index (χ3v) is 3.68. The van der Waals surface area contributed by atoms with Crippen LogP contribution in [0.5, 0.6) is 5.75 Å². The van der Waals surface area contributed by atoms with E-state index in [1.807, 2.05) is 35.1 Å². The van der Waals surface area contributed by atoms with Crippen LogP contribution in [-0.2, 0) is 6.54 Å². The van der Waals surface area contributed by atoms with Crippen molar-refractivity contribution in [3.05, 3.63) is 41.7 Å². The highest BCUT2D eigenvalue weighted by molar-refractivity contribution is 5.39. The van der Waals surface area contributed by atoms with Crippen LogP contribution < -0.4 is 10.1 Å². The van der Waals surface area contributed by atoms with Gasteiger partial charge in [-0.05, 0) is 44.5 Å². The second-order valence-electron chi connectivity index (χ2n) is 5.06. The Hall–Kier alpha value is -1.81. The largest absolute Gasteiger partial charge is 0.497 e. The summed E-state index contributed by atoms with van der Waals surface area (Å²) in [6.07, 6.45) is 3.07. The Morgan fingerprint density at radius 3 is 2.60 bits per heavy atom. The molecule has 1 N–H and O–H groups in total. The average Bonchev–Trinajstić information content (AvgIpc) is 2.86. The van der Waals surface area contributed by atoms with Gasteiger partial charge >= 0.3 is 0 Å². The first-order valence-corrected chi connectivity index (χ1v) is 7.07. The molecule has 0 aliphatic carbocycles. The SMILES string of the molecule is CCC(C)NCc1cnn(-c2ccc(OC)cc2)c1C. The van der Waals surface area contributed by atoms with Gasteiger partial charge < -0.3 is 10.1 Å². The minimum Gasteiger partial charge on any atom is -0.497 e. The molecule has 4 nitrogen and oxygen atoms in total. The van der Waals surface area contributed by atoms with Crippen LogP contribution in [0, 0.1) is 6.92 Å². The van der Waals surface area contributed by atoms with Crippen LogP contribution in [0.3, 0.4) is 0 Å². The van der Waals surface area contributed by atoms with E-state index in [4.69, 9.17) is 4.74 Å². The maximum Gasteiger partial charge on any atom is 0.119 e. The van der Waals surface area contributed by atoms with Crippen LogP contribution in [0.15, 0.2) is 30.5 Å². The Morgan fingerprint density at radius 2 is 2.00 bits per heavy atom. The van der Waals surface area contributed by atoms with Crippen LogP contribution >= 0.6 is 0 Å². The topological polar surface area (TPSA) is 39.1 Å². The molecule has 0 saturated carbocycles. The van der Waals surface area contributed by atoms with E-state index >= 15 is 0 Å². The lowest BCUT2D eigenvalue weighted by molar-refractivity contribution is 0.414. The summed E-state index contributed by atoms with van der Waals surface area (Å²) in [6, 6.07) is 8.47. The van der Waals surface area contributed by atoms with E-state index < -0.39 is 0 Å². The fraction of sp³-hybridized carbons (Fsp3) is 0.438. The molecule has 0 saturated heterocycles. The molecule has 1 atom stereocenters. The Kier molecular flexibility index (Phi) is 4.79. The number of nitrogens with zero attached hydrogens (tertiary/aromatic N) is 2. The first kappa shape index (κ1) is 14.6. The molecule has 108 valence electrons. The summed E-state index contributed by atoms with van der Waals surface area (Å²) >= 11 is 0. The zero-order valence-electron chi connectivity index (χ0n) is 12.7. The van der Waals surface area contributed by atoms with E-state index in [0.717, 1.165) is 24.4 Å². The summed E-state index contributed by atoms with van der Waals surface area (Å²) in [6.45, 7) is 7.34. The molecule has 4 heteroatoms. The highest BCUT2D eigenvalue weighted by Gasteiger charge is 2.09. The van der Waals surface area contributed by atoms with Gasteiger partial charge in [-0.3, -0.25) is 0 Å². The standard InChI is InChI=1S/C16H23N3O/c1-5-12(2)17-10-14-11-18-19(13(14)3)15-6-8-16(20-4)9-7-15/h6-9,11-12,17H,5,10H2,1-4H3. The second-order valence-corrected chi connectivity index (χ2v) is 5.06. The molecule has 0 spiro atoms. The highest BCUT2D eigenvalue weighted by atomic mass is 16.5. The van der Waals surface area contributed by atoms with Gasteiger partial charge in [0.15, 0.2) is 0 Å². The lowest BCUT2D eigenvalue weighted by Gasteiger charge is -2.11. The maximum absolute atomic E-state index is 5.18. The zero-order valence-corrected chi connectivity index (χ0v) is 12.7. The quantitative estimate of drug-likeness (QED) is 0.879. The predicted molar refractivity (Wildman–Crippen MR) is 81.4 cm³/mol. The van der Waals surface area contributed by atoms with Crippen molar-refractivity contribution >= 4 is 0 Å². The molecule has 1 aromatic heterocycles. The van der Waals surface area contributed by atoms with Crippen molar-refractivity contribution < 1.29 is 4.74 Å². The van der Waals surface area contributed by atoms with Crippen molar-refractivity contribution in [3.8, 4) is 11.4 Å². The van der Waals surface area contributed by atoms with Gasteiger partial charge in [0.05, 0.1) is 19.0 Å². The van der Waals surface area contributed by atoms with Crippen LogP contribution in [0.1, 0.15) is 31.5 Å². The van der Waals surface area contributed by atoms with Gasteiger partial charge in [0.1, 0.15) is 5.75 Å². The number of nitrogens with one attached hydrogen (secondary N) is 1. The number of benzene rings is 1. The zero-order chi connectivity index (χ0) is 14.5. The van der Waals surface area contributed by atoms with Crippen molar-refractivity contribution in [3.63, 3.8) is 0 Å². The van der Waals surface area contributed by atoms with Crippen LogP contribution in [0.2, 0.25) is 0 Å². The van der Waals surface area contributed by atoms with Crippen LogP contribution in [-0.4, -0.2) is 22.9 Å². The number of rotatable bonds is 6. The molecule has 0 fully saturated rings. The summed E-state index contributed by atoms with van der Waals surface area (Å²) < 4.78 is 7.14. The number of hydrogen-bond acceptors (Lipinski definition) is 3. The van der Waals surface area contributed by atoms with Gasteiger partial charge in [-0.25, -0.2) is 4.68 Å². The van der Waals surface area contributed by atoms with Gasteiger partial charge in [-0.2, -0.15) is 5.10 Å². The summed E-state index contributed by atoms with van der Waals surface area (Å²) in [5, 5.41) is 7.98. The van der Waals surface area contributed by atoms with E-state index in [0.29, 0.717) is 6.04 Å². The van der Waals surface area contributed by atoms with E-state index in [2.05, 4.69) is 31.2 Å². The number of hydrogen-bond donors (Lipinski definition) is 1. The summed E-state index contributed by atoms with van der Waals surface area (Å²) in [7, 11) is 1.67. The van der Waals surface area contributed by atoms with E-state index in [-0.39, 0.29) is 0 Å². The molecule has 0 amide bonds. The molecule has 20 heavy (non-hydrogen) atoms. The lowest BCUT2D eigenvalue weighted by Crippen LogP contribution is -2.24. The first-order valence-electron chi connectivity index (χ1n) is 7.07. The highest BCUT2D eigenvalue weighted by Crippen LogP contribution is 2.17. The molecule has 2 aromatic rings. The minimum absolute atomic E-state index is 0.527. The van der Waals surface area contributed by atoms with Gasteiger partial charge in [0, 0.05) is 23.8 Å². The maximum atomic E-state index is 5.18. The van der Waals surface area contributed by atoms with E-state index in [1.54, 1.807) is 7.11 Å². The molecule has 0 aliphatic rings.